The Kier molecular flexibility index (Phi) is 3.48. The Morgan fingerprint density at radius 3 is 2.95 bits per heavy atom. The third kappa shape index (κ3) is 2.21. The number of carbonyl (C=O) groups is 1. The van der Waals surface area contributed by atoms with Gasteiger partial charge in [-0.2, -0.15) is 0 Å². The summed E-state index contributed by atoms with van der Waals surface area (Å²) >= 11 is 4.96. The average Bonchev–Trinajstić information content (AvgIpc) is 2.93. The lowest BCUT2D eigenvalue weighted by Gasteiger charge is -2.09. The number of likely N-dealkylation sites (N-methyl/N-ethyl adjacent to an activating group) is 1. The lowest BCUT2D eigenvalue weighted by molar-refractivity contribution is -0.117. The molecule has 3 rings (SSSR count). The maximum absolute atomic E-state index is 11.8. The van der Waals surface area contributed by atoms with E-state index < -0.39 is 0 Å². The van der Waals surface area contributed by atoms with Crippen molar-refractivity contribution in [2.75, 3.05) is 12.4 Å². The van der Waals surface area contributed by atoms with Crippen LogP contribution in [0.15, 0.2) is 26.7 Å². The number of nitrogens with one attached hydrogen (secondary N) is 2. The fourth-order valence-electron chi connectivity index (χ4n) is 2.03. The molecule has 2 N–H and O–H groups in total. The van der Waals surface area contributed by atoms with Gasteiger partial charge in [0, 0.05) is 27.7 Å². The minimum atomic E-state index is -0.308. The average molecular weight is 355 g/mol. The predicted octanol–water partition coefficient (Wildman–Crippen LogP) is 1.34. The zero-order valence-corrected chi connectivity index (χ0v) is 13.1. The monoisotopic (exact) mass is 354 g/mol. The fourth-order valence-corrected chi connectivity index (χ4v) is 3.41. The Labute approximate surface area is 127 Å². The zero-order valence-electron chi connectivity index (χ0n) is 10.7. The summed E-state index contributed by atoms with van der Waals surface area (Å²) in [7, 11) is 3.55. The van der Waals surface area contributed by atoms with E-state index in [0.717, 1.165) is 20.6 Å². The molecule has 2 heterocycles. The van der Waals surface area contributed by atoms with Crippen LogP contribution in [0.3, 0.4) is 0 Å². The number of amides is 1. The van der Waals surface area contributed by atoms with E-state index in [1.165, 1.54) is 11.8 Å². The van der Waals surface area contributed by atoms with Crippen molar-refractivity contribution in [2.45, 2.75) is 16.1 Å². The normalized spacial score (nSPS) is 17.1. The van der Waals surface area contributed by atoms with Crippen LogP contribution < -0.4 is 10.6 Å². The third-order valence-corrected chi connectivity index (χ3v) is 5.01. The Hall–Kier alpha value is -1.45. The van der Waals surface area contributed by atoms with E-state index in [4.69, 9.17) is 0 Å². The van der Waals surface area contributed by atoms with E-state index in [1.54, 1.807) is 18.8 Å². The first-order valence-electron chi connectivity index (χ1n) is 5.82. The number of aryl methyl sites for hydroxylation is 1. The molecule has 2 aromatic rings. The summed E-state index contributed by atoms with van der Waals surface area (Å²) in [6, 6.07) is 3.56. The highest BCUT2D eigenvalue weighted by Crippen LogP contribution is 2.40. The van der Waals surface area contributed by atoms with Gasteiger partial charge in [-0.05, 0) is 57.3 Å². The van der Waals surface area contributed by atoms with E-state index in [1.807, 2.05) is 12.1 Å². The molecule has 0 bridgehead atoms. The quantitative estimate of drug-likeness (QED) is 0.864. The Morgan fingerprint density at radius 2 is 2.30 bits per heavy atom. The number of nitrogens with zero attached hydrogens (tertiary/aromatic N) is 4. The second-order valence-electron chi connectivity index (χ2n) is 4.27. The van der Waals surface area contributed by atoms with Crippen LogP contribution in [0.2, 0.25) is 0 Å². The van der Waals surface area contributed by atoms with Gasteiger partial charge in [-0.15, -0.1) is 5.10 Å². The number of hydrogen-bond acceptors (Lipinski definition) is 6. The maximum atomic E-state index is 11.8. The van der Waals surface area contributed by atoms with Crippen LogP contribution in [-0.4, -0.2) is 33.2 Å². The molecule has 0 saturated carbocycles. The number of halogens is 1. The number of benzene rings is 1. The van der Waals surface area contributed by atoms with Crippen molar-refractivity contribution < 1.29 is 4.79 Å². The Morgan fingerprint density at radius 1 is 1.50 bits per heavy atom. The van der Waals surface area contributed by atoms with Gasteiger partial charge in [0.25, 0.3) is 0 Å². The van der Waals surface area contributed by atoms with E-state index in [2.05, 4.69) is 42.1 Å². The van der Waals surface area contributed by atoms with E-state index >= 15 is 0 Å². The molecule has 1 aromatic heterocycles. The first-order valence-corrected chi connectivity index (χ1v) is 7.43. The molecule has 0 spiro atoms. The molecule has 1 aromatic carbocycles. The van der Waals surface area contributed by atoms with Crippen LogP contribution in [-0.2, 0) is 11.8 Å². The number of hydrogen-bond donors (Lipinski definition) is 2. The molecule has 104 valence electrons. The maximum Gasteiger partial charge on any atom is 0.246 e. The highest BCUT2D eigenvalue weighted by Gasteiger charge is 2.30. The van der Waals surface area contributed by atoms with Gasteiger partial charge in [0.15, 0.2) is 0 Å². The van der Waals surface area contributed by atoms with Crippen molar-refractivity contribution in [3.8, 4) is 0 Å². The van der Waals surface area contributed by atoms with Gasteiger partial charge in [0.05, 0.1) is 0 Å². The minimum absolute atomic E-state index is 0.0446. The highest BCUT2D eigenvalue weighted by atomic mass is 79.9. The van der Waals surface area contributed by atoms with Crippen molar-refractivity contribution >= 4 is 39.3 Å². The van der Waals surface area contributed by atoms with Gasteiger partial charge >= 0.3 is 0 Å². The minimum Gasteiger partial charge on any atom is -0.324 e. The summed E-state index contributed by atoms with van der Waals surface area (Å²) < 4.78 is 2.50. The molecule has 1 aliphatic rings. The van der Waals surface area contributed by atoms with Crippen molar-refractivity contribution in [1.82, 2.24) is 25.5 Å². The van der Waals surface area contributed by atoms with Crippen LogP contribution in [0.5, 0.6) is 0 Å². The van der Waals surface area contributed by atoms with Gasteiger partial charge in [-0.1, -0.05) is 0 Å². The first kappa shape index (κ1) is 13.5. The fraction of sp³-hybridized carbons (Fsp3) is 0.273. The number of anilines is 1. The summed E-state index contributed by atoms with van der Waals surface area (Å²) in [5, 5.41) is 17.9. The highest BCUT2D eigenvalue weighted by molar-refractivity contribution is 9.10. The summed E-state index contributed by atoms with van der Waals surface area (Å²) in [6.45, 7) is 0. The van der Waals surface area contributed by atoms with Gasteiger partial charge in [0.2, 0.25) is 11.1 Å². The van der Waals surface area contributed by atoms with E-state index in [-0.39, 0.29) is 11.9 Å². The Bertz CT molecular complexity index is 688. The molecule has 20 heavy (non-hydrogen) atoms. The largest absolute Gasteiger partial charge is 0.324 e. The second kappa shape index (κ2) is 5.15. The molecule has 0 saturated heterocycles. The SMILES string of the molecule is CNC1C(=O)Nc2cc(Sc3nnnn3C)c(Br)cc21. The molecule has 1 amide bonds. The predicted molar refractivity (Wildman–Crippen MR) is 77.5 cm³/mol. The van der Waals surface area contributed by atoms with Gasteiger partial charge < -0.3 is 10.6 Å². The topological polar surface area (TPSA) is 84.7 Å². The lowest BCUT2D eigenvalue weighted by Crippen LogP contribution is -2.23. The lowest BCUT2D eigenvalue weighted by atomic mass is 10.1. The molecule has 1 aliphatic heterocycles. The van der Waals surface area contributed by atoms with E-state index in [0.29, 0.717) is 5.16 Å². The van der Waals surface area contributed by atoms with Crippen molar-refractivity contribution in [2.24, 2.45) is 7.05 Å². The van der Waals surface area contributed by atoms with Crippen LogP contribution >= 0.6 is 27.7 Å². The van der Waals surface area contributed by atoms with Crippen LogP contribution in [0.4, 0.5) is 5.69 Å². The molecule has 0 radical (unpaired) electrons. The summed E-state index contributed by atoms with van der Waals surface area (Å²) in [6.07, 6.45) is 0. The number of rotatable bonds is 3. The van der Waals surface area contributed by atoms with Crippen molar-refractivity contribution in [3.63, 3.8) is 0 Å². The van der Waals surface area contributed by atoms with Crippen LogP contribution in [0.1, 0.15) is 11.6 Å². The standard InChI is InChI=1S/C11H11BrN6OS/c1-13-9-5-3-6(12)8(4-7(5)14-10(9)19)20-11-15-16-17-18(11)2/h3-4,9,13H,1-2H3,(H,14,19). The number of tetrazole rings is 1. The molecular formula is C11H11BrN6OS. The van der Waals surface area contributed by atoms with Gasteiger partial charge in [0.1, 0.15) is 6.04 Å². The summed E-state index contributed by atoms with van der Waals surface area (Å²) in [5.41, 5.74) is 1.75. The number of aromatic nitrogens is 4. The molecule has 1 unspecified atom stereocenters. The van der Waals surface area contributed by atoms with Crippen molar-refractivity contribution in [1.29, 1.82) is 0 Å². The zero-order chi connectivity index (χ0) is 14.3. The van der Waals surface area contributed by atoms with Gasteiger partial charge in [-0.25, -0.2) is 4.68 Å². The molecule has 9 heteroatoms. The van der Waals surface area contributed by atoms with Crippen LogP contribution in [0, 0.1) is 0 Å². The van der Waals surface area contributed by atoms with Crippen LogP contribution in [0.25, 0.3) is 0 Å². The number of fused-ring (bicyclic) bond motifs is 1. The first-order chi connectivity index (χ1) is 9.60. The van der Waals surface area contributed by atoms with E-state index in [9.17, 15) is 4.79 Å². The second-order valence-corrected chi connectivity index (χ2v) is 6.13. The molecule has 0 fully saturated rings. The Balaban J connectivity index is 1.98. The summed E-state index contributed by atoms with van der Waals surface area (Å²) in [5.74, 6) is -0.0446. The van der Waals surface area contributed by atoms with Gasteiger partial charge in [-0.3, -0.25) is 4.79 Å². The summed E-state index contributed by atoms with van der Waals surface area (Å²) in [4.78, 5) is 12.8. The molecule has 0 aliphatic carbocycles. The smallest absolute Gasteiger partial charge is 0.246 e. The third-order valence-electron chi connectivity index (χ3n) is 3.01. The molecule has 7 nitrogen and oxygen atoms in total. The van der Waals surface area contributed by atoms with Crippen molar-refractivity contribution in [3.05, 3.63) is 22.2 Å². The number of carbonyl (C=O) groups excluding carboxylic acids is 1. The molecular weight excluding hydrogens is 344 g/mol. The molecule has 1 atom stereocenters.